The van der Waals surface area contributed by atoms with E-state index in [1.807, 2.05) is 0 Å². The lowest BCUT2D eigenvalue weighted by molar-refractivity contribution is -0.144. The molecule has 118 valence electrons. The van der Waals surface area contributed by atoms with Crippen LogP contribution in [0.1, 0.15) is 12.8 Å². The summed E-state index contributed by atoms with van der Waals surface area (Å²) in [7, 11) is 1.49. The highest BCUT2D eigenvalue weighted by atomic mass is 16.5. The van der Waals surface area contributed by atoms with E-state index in [-0.39, 0.29) is 11.8 Å². The Morgan fingerprint density at radius 3 is 2.45 bits per heavy atom. The smallest absolute Gasteiger partial charge is 0.314 e. The molecule has 1 heterocycles. The number of carbonyl (C=O) groups is 3. The first-order chi connectivity index (χ1) is 10.5. The maximum absolute atomic E-state index is 12.1. The van der Waals surface area contributed by atoms with E-state index in [9.17, 15) is 14.4 Å². The van der Waals surface area contributed by atoms with Crippen molar-refractivity contribution >= 4 is 23.4 Å². The number of carbonyl (C=O) groups excluding carboxylic acids is 3. The quantitative estimate of drug-likeness (QED) is 0.787. The summed E-state index contributed by atoms with van der Waals surface area (Å²) in [5, 5.41) is 2.55. The van der Waals surface area contributed by atoms with Gasteiger partial charge in [0.05, 0.1) is 12.8 Å². The molecule has 1 aliphatic rings. The average molecular weight is 305 g/mol. The molecule has 7 heteroatoms. The molecule has 7 nitrogen and oxygen atoms in total. The van der Waals surface area contributed by atoms with Gasteiger partial charge >= 0.3 is 11.8 Å². The molecule has 1 saturated heterocycles. The average Bonchev–Trinajstić information content (AvgIpc) is 2.54. The number of ether oxygens (including phenoxy) is 1. The van der Waals surface area contributed by atoms with E-state index in [1.165, 1.54) is 12.0 Å². The fraction of sp³-hybridized carbons (Fsp3) is 0.400. The van der Waals surface area contributed by atoms with Gasteiger partial charge in [-0.1, -0.05) is 12.1 Å². The van der Waals surface area contributed by atoms with E-state index < -0.39 is 11.8 Å². The van der Waals surface area contributed by atoms with Crippen molar-refractivity contribution in [2.75, 3.05) is 25.5 Å². The molecule has 0 atom stereocenters. The summed E-state index contributed by atoms with van der Waals surface area (Å²) < 4.78 is 5.12. The van der Waals surface area contributed by atoms with Gasteiger partial charge in [-0.2, -0.15) is 0 Å². The number of rotatable bonds is 3. The Bertz CT molecular complexity index is 580. The van der Waals surface area contributed by atoms with Crippen LogP contribution in [0.2, 0.25) is 0 Å². The standard InChI is InChI=1S/C15H19N3O4/c1-22-12-5-3-2-4-11(12)17-14(20)15(21)18-8-6-10(7-9-18)13(16)19/h2-5,10H,6-9H2,1H3,(H2,16,19)(H,17,20). The van der Waals surface area contributed by atoms with Crippen molar-refractivity contribution < 1.29 is 19.1 Å². The topological polar surface area (TPSA) is 102 Å². The van der Waals surface area contributed by atoms with Crippen LogP contribution in [0, 0.1) is 5.92 Å². The van der Waals surface area contributed by atoms with Crippen LogP contribution in [-0.2, 0) is 14.4 Å². The van der Waals surface area contributed by atoms with Gasteiger partial charge in [0, 0.05) is 19.0 Å². The highest BCUT2D eigenvalue weighted by molar-refractivity contribution is 6.39. The third kappa shape index (κ3) is 3.55. The summed E-state index contributed by atoms with van der Waals surface area (Å²) in [6.45, 7) is 0.706. The molecule has 1 aliphatic heterocycles. The first-order valence-electron chi connectivity index (χ1n) is 7.05. The van der Waals surface area contributed by atoms with Gasteiger partial charge < -0.3 is 20.7 Å². The fourth-order valence-electron chi connectivity index (χ4n) is 2.43. The Morgan fingerprint density at radius 1 is 1.23 bits per heavy atom. The molecule has 1 aromatic carbocycles. The van der Waals surface area contributed by atoms with E-state index in [4.69, 9.17) is 10.5 Å². The predicted octanol–water partition coefficient (Wildman–Crippen LogP) is 0.358. The van der Waals surface area contributed by atoms with E-state index in [0.29, 0.717) is 37.4 Å². The van der Waals surface area contributed by atoms with Crippen LogP contribution in [-0.4, -0.2) is 42.8 Å². The Balaban J connectivity index is 1.96. The normalized spacial score (nSPS) is 15.2. The molecule has 0 bridgehead atoms. The zero-order valence-electron chi connectivity index (χ0n) is 12.4. The molecule has 0 saturated carbocycles. The number of para-hydroxylation sites is 2. The van der Waals surface area contributed by atoms with Crippen molar-refractivity contribution in [3.8, 4) is 5.75 Å². The number of nitrogens with one attached hydrogen (secondary N) is 1. The van der Waals surface area contributed by atoms with Crippen molar-refractivity contribution in [3.63, 3.8) is 0 Å². The fourth-order valence-corrected chi connectivity index (χ4v) is 2.43. The van der Waals surface area contributed by atoms with Crippen LogP contribution in [0.4, 0.5) is 5.69 Å². The van der Waals surface area contributed by atoms with Gasteiger partial charge in [0.15, 0.2) is 0 Å². The third-order valence-electron chi connectivity index (χ3n) is 3.73. The number of likely N-dealkylation sites (tertiary alicyclic amines) is 1. The molecular formula is C15H19N3O4. The van der Waals surface area contributed by atoms with Crippen molar-refractivity contribution in [1.82, 2.24) is 4.90 Å². The maximum Gasteiger partial charge on any atom is 0.314 e. The number of benzene rings is 1. The number of primary amides is 1. The van der Waals surface area contributed by atoms with Crippen LogP contribution in [0.5, 0.6) is 5.75 Å². The van der Waals surface area contributed by atoms with Crippen molar-refractivity contribution in [1.29, 1.82) is 0 Å². The highest BCUT2D eigenvalue weighted by Gasteiger charge is 2.29. The summed E-state index contributed by atoms with van der Waals surface area (Å²) in [5.74, 6) is -1.43. The Morgan fingerprint density at radius 2 is 1.86 bits per heavy atom. The number of amides is 3. The zero-order chi connectivity index (χ0) is 16.1. The van der Waals surface area contributed by atoms with E-state index in [0.717, 1.165) is 0 Å². The second-order valence-corrected chi connectivity index (χ2v) is 5.12. The predicted molar refractivity (Wildman–Crippen MR) is 80.1 cm³/mol. The summed E-state index contributed by atoms with van der Waals surface area (Å²) in [6.07, 6.45) is 0.978. The van der Waals surface area contributed by atoms with Gasteiger partial charge in [-0.15, -0.1) is 0 Å². The monoisotopic (exact) mass is 305 g/mol. The van der Waals surface area contributed by atoms with Crippen LogP contribution in [0.15, 0.2) is 24.3 Å². The summed E-state index contributed by atoms with van der Waals surface area (Å²) >= 11 is 0. The second-order valence-electron chi connectivity index (χ2n) is 5.12. The molecule has 3 N–H and O–H groups in total. The van der Waals surface area contributed by atoms with E-state index >= 15 is 0 Å². The van der Waals surface area contributed by atoms with Crippen LogP contribution in [0.25, 0.3) is 0 Å². The lowest BCUT2D eigenvalue weighted by atomic mass is 9.96. The SMILES string of the molecule is COc1ccccc1NC(=O)C(=O)N1CCC(C(N)=O)CC1. The molecular weight excluding hydrogens is 286 g/mol. The van der Waals surface area contributed by atoms with Gasteiger partial charge in [-0.25, -0.2) is 0 Å². The second kappa shape index (κ2) is 6.93. The van der Waals surface area contributed by atoms with Crippen molar-refractivity contribution in [2.24, 2.45) is 11.7 Å². The molecule has 0 aliphatic carbocycles. The molecule has 1 fully saturated rings. The minimum Gasteiger partial charge on any atom is -0.495 e. The van der Waals surface area contributed by atoms with Crippen molar-refractivity contribution in [2.45, 2.75) is 12.8 Å². The lowest BCUT2D eigenvalue weighted by Gasteiger charge is -2.30. The molecule has 1 aromatic rings. The van der Waals surface area contributed by atoms with E-state index in [1.54, 1.807) is 24.3 Å². The number of anilines is 1. The third-order valence-corrected chi connectivity index (χ3v) is 3.73. The first kappa shape index (κ1) is 15.8. The van der Waals surface area contributed by atoms with Gasteiger partial charge in [-0.3, -0.25) is 14.4 Å². The Kier molecular flexibility index (Phi) is 4.98. The van der Waals surface area contributed by atoms with Crippen molar-refractivity contribution in [3.05, 3.63) is 24.3 Å². The molecule has 2 rings (SSSR count). The van der Waals surface area contributed by atoms with E-state index in [2.05, 4.69) is 5.32 Å². The zero-order valence-corrected chi connectivity index (χ0v) is 12.4. The number of methoxy groups -OCH3 is 1. The molecule has 3 amide bonds. The van der Waals surface area contributed by atoms with Crippen LogP contribution >= 0.6 is 0 Å². The first-order valence-corrected chi connectivity index (χ1v) is 7.05. The highest BCUT2D eigenvalue weighted by Crippen LogP contribution is 2.23. The maximum atomic E-state index is 12.1. The minimum atomic E-state index is -0.720. The Labute approximate surface area is 128 Å². The number of hydrogen-bond donors (Lipinski definition) is 2. The number of hydrogen-bond acceptors (Lipinski definition) is 4. The van der Waals surface area contributed by atoms with Crippen LogP contribution in [0.3, 0.4) is 0 Å². The molecule has 0 unspecified atom stereocenters. The largest absolute Gasteiger partial charge is 0.495 e. The summed E-state index contributed by atoms with van der Waals surface area (Å²) in [6, 6.07) is 6.85. The van der Waals surface area contributed by atoms with Gasteiger partial charge in [0.25, 0.3) is 0 Å². The number of nitrogens with zero attached hydrogens (tertiary/aromatic N) is 1. The Hall–Kier alpha value is -2.57. The molecule has 22 heavy (non-hydrogen) atoms. The summed E-state index contributed by atoms with van der Waals surface area (Å²) in [5.41, 5.74) is 5.69. The molecule has 0 radical (unpaired) electrons. The molecule has 0 spiro atoms. The van der Waals surface area contributed by atoms with Gasteiger partial charge in [0.2, 0.25) is 5.91 Å². The minimum absolute atomic E-state index is 0.221. The van der Waals surface area contributed by atoms with Crippen LogP contribution < -0.4 is 15.8 Å². The van der Waals surface area contributed by atoms with Gasteiger partial charge in [0.1, 0.15) is 5.75 Å². The van der Waals surface area contributed by atoms with Gasteiger partial charge in [-0.05, 0) is 25.0 Å². The number of piperidine rings is 1. The summed E-state index contributed by atoms with van der Waals surface area (Å²) in [4.78, 5) is 36.7. The lowest BCUT2D eigenvalue weighted by Crippen LogP contribution is -2.46. The number of nitrogens with two attached hydrogens (primary N) is 1. The molecule has 0 aromatic heterocycles.